The molecule has 0 unspecified atom stereocenters. The average molecular weight is 947 g/mol. The van der Waals surface area contributed by atoms with Gasteiger partial charge in [0.25, 0.3) is 0 Å². The van der Waals surface area contributed by atoms with E-state index in [1.54, 1.807) is 18.2 Å². The maximum atomic E-state index is 16.5. The molecule has 4 rings (SSSR count). The first-order valence-electron chi connectivity index (χ1n) is 23.0. The lowest BCUT2D eigenvalue weighted by Crippen LogP contribution is -2.45. The van der Waals surface area contributed by atoms with Crippen LogP contribution in [0, 0.1) is 23.0 Å². The monoisotopic (exact) mass is 946 g/mol. The van der Waals surface area contributed by atoms with Crippen molar-refractivity contribution in [3.05, 3.63) is 101 Å². The van der Waals surface area contributed by atoms with Crippen LogP contribution in [-0.2, 0) is 70.0 Å². The van der Waals surface area contributed by atoms with Crippen LogP contribution in [0.2, 0.25) is 0 Å². The van der Waals surface area contributed by atoms with Crippen molar-refractivity contribution in [1.29, 1.82) is 0 Å². The molecular weight excluding hydrogens is 883 g/mol. The van der Waals surface area contributed by atoms with E-state index in [1.807, 2.05) is 31.2 Å². The molecule has 15 heteroatoms. The Morgan fingerprint density at radius 2 is 1.16 bits per heavy atom. The van der Waals surface area contributed by atoms with Crippen LogP contribution in [0.25, 0.3) is 22.3 Å². The summed E-state index contributed by atoms with van der Waals surface area (Å²) in [6, 6.07) is 14.0. The van der Waals surface area contributed by atoms with Crippen molar-refractivity contribution in [2.45, 2.75) is 104 Å². The number of aryl methyl sites for hydroxylation is 2. The predicted octanol–water partition coefficient (Wildman–Crippen LogP) is 9.68. The smallest absolute Gasteiger partial charge is 0.417 e. The number of methoxy groups -OCH3 is 2. The van der Waals surface area contributed by atoms with Gasteiger partial charge in [-0.05, 0) is 111 Å². The van der Waals surface area contributed by atoms with Crippen LogP contribution in [0.15, 0.2) is 72.8 Å². The second-order valence-corrected chi connectivity index (χ2v) is 17.4. The molecule has 0 aromatic heterocycles. The molecule has 0 bridgehead atoms. The maximum Gasteiger partial charge on any atom is 0.417 e. The van der Waals surface area contributed by atoms with Gasteiger partial charge < -0.3 is 33.2 Å². The minimum atomic E-state index is -1.80. The SMILES string of the molecule is C=C(C)C(=O)OCCCc1cc(-c2ccc(-c3ccc(C4CCC(CCCCC)CC4)cc3)c(F)c2F)c(CC)cc1OCC(COC(=O)C(=C)C)(COC(=O)C(=O)OC)COC(=O)C(=O)OC. The van der Waals surface area contributed by atoms with Gasteiger partial charge in [0.2, 0.25) is 0 Å². The highest BCUT2D eigenvalue weighted by atomic mass is 19.2. The van der Waals surface area contributed by atoms with Gasteiger partial charge in [-0.15, -0.1) is 0 Å². The van der Waals surface area contributed by atoms with E-state index in [1.165, 1.54) is 64.0 Å². The molecule has 1 fully saturated rings. The summed E-state index contributed by atoms with van der Waals surface area (Å²) in [7, 11) is 1.91. The van der Waals surface area contributed by atoms with Gasteiger partial charge >= 0.3 is 35.8 Å². The summed E-state index contributed by atoms with van der Waals surface area (Å²) in [5.41, 5.74) is 1.55. The van der Waals surface area contributed by atoms with Crippen molar-refractivity contribution >= 4 is 35.8 Å². The minimum Gasteiger partial charge on any atom is -0.492 e. The number of halogens is 2. The quantitative estimate of drug-likeness (QED) is 0.0290. The van der Waals surface area contributed by atoms with Crippen LogP contribution < -0.4 is 4.74 Å². The molecule has 0 N–H and O–H groups in total. The number of carbonyl (C=O) groups excluding carboxylic acids is 6. The molecule has 0 atom stereocenters. The Morgan fingerprint density at radius 3 is 1.71 bits per heavy atom. The predicted molar refractivity (Wildman–Crippen MR) is 249 cm³/mol. The van der Waals surface area contributed by atoms with E-state index in [4.69, 9.17) is 23.7 Å². The van der Waals surface area contributed by atoms with Gasteiger partial charge in [-0.2, -0.15) is 0 Å². The highest BCUT2D eigenvalue weighted by Gasteiger charge is 2.39. The summed E-state index contributed by atoms with van der Waals surface area (Å²) in [5.74, 6) is -7.77. The molecule has 0 saturated heterocycles. The van der Waals surface area contributed by atoms with Gasteiger partial charge in [0.15, 0.2) is 11.6 Å². The van der Waals surface area contributed by atoms with E-state index in [0.29, 0.717) is 34.6 Å². The molecule has 68 heavy (non-hydrogen) atoms. The normalized spacial score (nSPS) is 14.5. The average Bonchev–Trinajstić information content (AvgIpc) is 3.34. The van der Waals surface area contributed by atoms with Crippen molar-refractivity contribution in [3.63, 3.8) is 0 Å². The molecule has 3 aromatic rings. The summed E-state index contributed by atoms with van der Waals surface area (Å²) in [4.78, 5) is 73.9. The first-order valence-corrected chi connectivity index (χ1v) is 23.0. The Balaban J connectivity index is 1.72. The second-order valence-electron chi connectivity index (χ2n) is 17.4. The summed E-state index contributed by atoms with van der Waals surface area (Å²) in [5, 5.41) is 0. The second kappa shape index (κ2) is 26.2. The molecule has 13 nitrogen and oxygen atoms in total. The van der Waals surface area contributed by atoms with Gasteiger partial charge in [-0.1, -0.05) is 89.1 Å². The molecule has 0 spiro atoms. The highest BCUT2D eigenvalue weighted by molar-refractivity contribution is 6.30. The van der Waals surface area contributed by atoms with Crippen LogP contribution in [0.3, 0.4) is 0 Å². The lowest BCUT2D eigenvalue weighted by atomic mass is 9.77. The van der Waals surface area contributed by atoms with E-state index in [0.717, 1.165) is 33.0 Å². The topological polar surface area (TPSA) is 167 Å². The molecule has 3 aromatic carbocycles. The molecule has 0 radical (unpaired) electrons. The van der Waals surface area contributed by atoms with Gasteiger partial charge in [0.1, 0.15) is 37.6 Å². The Morgan fingerprint density at radius 1 is 0.618 bits per heavy atom. The summed E-state index contributed by atoms with van der Waals surface area (Å²) in [6.45, 7) is 11.3. The number of unbranched alkanes of at least 4 members (excludes halogenated alkanes) is 2. The zero-order chi connectivity index (χ0) is 50.0. The third-order valence-corrected chi connectivity index (χ3v) is 12.1. The van der Waals surface area contributed by atoms with Crippen molar-refractivity contribution in [2.24, 2.45) is 11.3 Å². The molecule has 1 aliphatic rings. The molecular formula is C53H64F2O13. The van der Waals surface area contributed by atoms with Crippen molar-refractivity contribution in [1.82, 2.24) is 0 Å². The third kappa shape index (κ3) is 15.1. The third-order valence-electron chi connectivity index (χ3n) is 12.1. The molecule has 0 amide bonds. The number of benzene rings is 3. The van der Waals surface area contributed by atoms with E-state index in [-0.39, 0.29) is 47.5 Å². The van der Waals surface area contributed by atoms with E-state index in [2.05, 4.69) is 29.6 Å². The van der Waals surface area contributed by atoms with Crippen LogP contribution in [0.5, 0.6) is 5.75 Å². The fraction of sp³-hybridized carbons (Fsp3) is 0.472. The fourth-order valence-corrected chi connectivity index (χ4v) is 8.02. The molecule has 1 aliphatic carbocycles. The van der Waals surface area contributed by atoms with E-state index in [9.17, 15) is 28.8 Å². The molecule has 368 valence electrons. The number of carbonyl (C=O) groups is 6. The van der Waals surface area contributed by atoms with Gasteiger partial charge in [-0.3, -0.25) is 0 Å². The standard InChI is InChI=1S/C53H64F2O13/c1-9-11-12-14-35-16-18-37(19-17-35)38-20-22-39(23-21-38)41-24-25-42(46(55)45(41)54)43-27-40(15-13-26-64-47(56)33(3)4)44(28-36(43)10-2)65-29-53(30-66-48(57)34(5)6,31-67-51(60)49(58)62-7)32-68-52(61)50(59)63-8/h20-25,27-28,35,37H,3,5,9-19,26,29-32H2,1-2,4,6-8H3. The van der Waals surface area contributed by atoms with Gasteiger partial charge in [-0.25, -0.2) is 37.5 Å². The summed E-state index contributed by atoms with van der Waals surface area (Å²) in [6.07, 6.45) is 10.4. The molecule has 1 saturated carbocycles. The number of hydrogen-bond acceptors (Lipinski definition) is 13. The molecule has 0 heterocycles. The van der Waals surface area contributed by atoms with E-state index < -0.39 is 79.3 Å². The first-order chi connectivity index (χ1) is 32.5. The number of hydrogen-bond donors (Lipinski definition) is 0. The Labute approximate surface area is 397 Å². The Kier molecular flexibility index (Phi) is 20.9. The van der Waals surface area contributed by atoms with Crippen LogP contribution in [0.1, 0.15) is 108 Å². The van der Waals surface area contributed by atoms with Crippen molar-refractivity contribution < 1.29 is 70.7 Å². The minimum absolute atomic E-state index is 0.00833. The lowest BCUT2D eigenvalue weighted by Gasteiger charge is -2.32. The maximum absolute atomic E-state index is 16.5. The largest absolute Gasteiger partial charge is 0.492 e. The van der Waals surface area contributed by atoms with Crippen LogP contribution in [0.4, 0.5) is 8.78 Å². The number of esters is 6. The van der Waals surface area contributed by atoms with Gasteiger partial charge in [0.05, 0.1) is 20.8 Å². The summed E-state index contributed by atoms with van der Waals surface area (Å²) < 4.78 is 69.2. The van der Waals surface area contributed by atoms with E-state index >= 15 is 8.78 Å². The summed E-state index contributed by atoms with van der Waals surface area (Å²) >= 11 is 0. The Bertz CT molecular complexity index is 2260. The number of ether oxygens (including phenoxy) is 7. The van der Waals surface area contributed by atoms with Gasteiger partial charge in [0, 0.05) is 22.3 Å². The zero-order valence-corrected chi connectivity index (χ0v) is 40.1. The number of rotatable bonds is 23. The fourth-order valence-electron chi connectivity index (χ4n) is 8.02. The van der Waals surface area contributed by atoms with Crippen LogP contribution >= 0.6 is 0 Å². The highest BCUT2D eigenvalue weighted by Crippen LogP contribution is 2.40. The zero-order valence-electron chi connectivity index (χ0n) is 40.1. The Hall–Kier alpha value is -6.38. The lowest BCUT2D eigenvalue weighted by molar-refractivity contribution is -0.177. The van der Waals surface area contributed by atoms with Crippen molar-refractivity contribution in [3.8, 4) is 28.0 Å². The molecule has 0 aliphatic heterocycles. The van der Waals surface area contributed by atoms with Crippen LogP contribution in [-0.4, -0.2) is 83.1 Å². The first kappa shape index (κ1) is 54.2. The van der Waals surface area contributed by atoms with Crippen molar-refractivity contribution in [2.75, 3.05) is 47.3 Å².